The second-order valence-corrected chi connectivity index (χ2v) is 6.14. The van der Waals surface area contributed by atoms with Crippen molar-refractivity contribution in [2.45, 2.75) is 46.2 Å². The number of nitrogens with one attached hydrogen (secondary N) is 1. The van der Waals surface area contributed by atoms with Crippen LogP contribution < -0.4 is 5.32 Å². The first-order valence-electron chi connectivity index (χ1n) is 7.69. The molecule has 1 aromatic carbocycles. The highest BCUT2D eigenvalue weighted by Crippen LogP contribution is 2.17. The van der Waals surface area contributed by atoms with Gasteiger partial charge < -0.3 is 5.32 Å². The summed E-state index contributed by atoms with van der Waals surface area (Å²) in [6.07, 6.45) is 2.53. The van der Waals surface area contributed by atoms with Crippen LogP contribution in [-0.4, -0.2) is 30.6 Å². The number of aryl methyl sites for hydroxylation is 1. The first-order valence-corrected chi connectivity index (χ1v) is 7.69. The summed E-state index contributed by atoms with van der Waals surface area (Å²) < 4.78 is 0. The van der Waals surface area contributed by atoms with Gasteiger partial charge >= 0.3 is 0 Å². The maximum atomic E-state index is 3.63. The summed E-state index contributed by atoms with van der Waals surface area (Å²) in [6.45, 7) is 11.4. The fraction of sp³-hybridized carbons (Fsp3) is 0.647. The summed E-state index contributed by atoms with van der Waals surface area (Å²) in [5.41, 5.74) is 3.07. The van der Waals surface area contributed by atoms with Crippen LogP contribution >= 0.6 is 0 Å². The number of fused-ring (bicyclic) bond motifs is 1. The predicted octanol–water partition coefficient (Wildman–Crippen LogP) is 3.07. The zero-order chi connectivity index (χ0) is 13.7. The summed E-state index contributed by atoms with van der Waals surface area (Å²) in [5.74, 6) is 0.713. The van der Waals surface area contributed by atoms with Crippen LogP contribution in [0.1, 0.15) is 38.3 Å². The van der Waals surface area contributed by atoms with E-state index in [4.69, 9.17) is 0 Å². The van der Waals surface area contributed by atoms with Crippen molar-refractivity contribution in [2.75, 3.05) is 19.6 Å². The molecule has 0 spiro atoms. The molecule has 1 aliphatic rings. The van der Waals surface area contributed by atoms with Crippen molar-refractivity contribution in [1.29, 1.82) is 0 Å². The Labute approximate surface area is 118 Å². The summed E-state index contributed by atoms with van der Waals surface area (Å²) >= 11 is 0. The molecular weight excluding hydrogens is 232 g/mol. The molecule has 1 aromatic rings. The molecule has 1 N–H and O–H groups in total. The molecule has 0 amide bonds. The van der Waals surface area contributed by atoms with Crippen molar-refractivity contribution in [3.8, 4) is 0 Å². The van der Waals surface area contributed by atoms with E-state index in [1.807, 2.05) is 0 Å². The molecule has 1 aliphatic heterocycles. The van der Waals surface area contributed by atoms with Gasteiger partial charge in [0.2, 0.25) is 0 Å². The number of hydrogen-bond donors (Lipinski definition) is 1. The van der Waals surface area contributed by atoms with E-state index >= 15 is 0 Å². The first-order chi connectivity index (χ1) is 9.16. The number of nitrogens with zero attached hydrogens (tertiary/aromatic N) is 1. The topological polar surface area (TPSA) is 15.3 Å². The molecule has 0 aromatic heterocycles. The molecule has 2 heteroatoms. The number of rotatable bonds is 5. The lowest BCUT2D eigenvalue weighted by atomic mass is 10.0. The minimum Gasteiger partial charge on any atom is -0.313 e. The summed E-state index contributed by atoms with van der Waals surface area (Å²) in [6, 6.07) is 9.52. The fourth-order valence-electron chi connectivity index (χ4n) is 2.65. The van der Waals surface area contributed by atoms with E-state index < -0.39 is 0 Å². The molecule has 106 valence electrons. The van der Waals surface area contributed by atoms with Crippen LogP contribution in [0.2, 0.25) is 0 Å². The lowest BCUT2D eigenvalue weighted by Crippen LogP contribution is -2.38. The average Bonchev–Trinajstić information content (AvgIpc) is 2.60. The minimum atomic E-state index is 0.610. The SMILES string of the molecule is CC(C)C(C)NCCN1CCCc2ccccc2C1. The van der Waals surface area contributed by atoms with Crippen molar-refractivity contribution < 1.29 is 0 Å². The molecule has 0 radical (unpaired) electrons. The van der Waals surface area contributed by atoms with Gasteiger partial charge in [-0.05, 0) is 43.4 Å². The Kier molecular flexibility index (Phi) is 5.41. The third-order valence-electron chi connectivity index (χ3n) is 4.33. The Bertz CT molecular complexity index is 387. The Morgan fingerprint density at radius 3 is 2.63 bits per heavy atom. The molecule has 1 atom stereocenters. The monoisotopic (exact) mass is 260 g/mol. The summed E-state index contributed by atoms with van der Waals surface area (Å²) in [7, 11) is 0. The van der Waals surface area contributed by atoms with Crippen LogP contribution in [0.3, 0.4) is 0 Å². The summed E-state index contributed by atoms with van der Waals surface area (Å²) in [5, 5.41) is 3.63. The van der Waals surface area contributed by atoms with Crippen molar-refractivity contribution in [3.63, 3.8) is 0 Å². The molecule has 0 fully saturated rings. The van der Waals surface area contributed by atoms with E-state index in [1.165, 1.54) is 24.9 Å². The highest BCUT2D eigenvalue weighted by Gasteiger charge is 2.14. The zero-order valence-corrected chi connectivity index (χ0v) is 12.7. The maximum absolute atomic E-state index is 3.63. The molecule has 2 rings (SSSR count). The van der Waals surface area contributed by atoms with Gasteiger partial charge in [-0.15, -0.1) is 0 Å². The lowest BCUT2D eigenvalue weighted by Gasteiger charge is -2.23. The number of hydrogen-bond acceptors (Lipinski definition) is 2. The first kappa shape index (κ1) is 14.5. The van der Waals surface area contributed by atoms with E-state index in [2.05, 4.69) is 55.3 Å². The smallest absolute Gasteiger partial charge is 0.0237 e. The van der Waals surface area contributed by atoms with Gasteiger partial charge in [-0.1, -0.05) is 38.1 Å². The molecule has 1 heterocycles. The van der Waals surface area contributed by atoms with Crippen LogP contribution in [0, 0.1) is 5.92 Å². The normalized spacial score (nSPS) is 18.1. The van der Waals surface area contributed by atoms with E-state index in [-0.39, 0.29) is 0 Å². The van der Waals surface area contributed by atoms with Gasteiger partial charge in [0.05, 0.1) is 0 Å². The quantitative estimate of drug-likeness (QED) is 0.875. The van der Waals surface area contributed by atoms with Crippen molar-refractivity contribution >= 4 is 0 Å². The second kappa shape index (κ2) is 7.06. The molecular formula is C17H28N2. The molecule has 0 bridgehead atoms. The third kappa shape index (κ3) is 4.32. The van der Waals surface area contributed by atoms with Gasteiger partial charge in [0, 0.05) is 25.7 Å². The van der Waals surface area contributed by atoms with E-state index in [0.29, 0.717) is 12.0 Å². The van der Waals surface area contributed by atoms with Gasteiger partial charge in [-0.25, -0.2) is 0 Å². The fourth-order valence-corrected chi connectivity index (χ4v) is 2.65. The van der Waals surface area contributed by atoms with Gasteiger partial charge in [-0.3, -0.25) is 4.90 Å². The average molecular weight is 260 g/mol. The molecule has 19 heavy (non-hydrogen) atoms. The van der Waals surface area contributed by atoms with E-state index in [9.17, 15) is 0 Å². The second-order valence-electron chi connectivity index (χ2n) is 6.14. The van der Waals surface area contributed by atoms with Crippen LogP contribution in [0.4, 0.5) is 0 Å². The van der Waals surface area contributed by atoms with Crippen molar-refractivity contribution in [3.05, 3.63) is 35.4 Å². The van der Waals surface area contributed by atoms with Gasteiger partial charge in [-0.2, -0.15) is 0 Å². The Morgan fingerprint density at radius 2 is 1.89 bits per heavy atom. The van der Waals surface area contributed by atoms with E-state index in [1.54, 1.807) is 5.56 Å². The molecule has 1 unspecified atom stereocenters. The van der Waals surface area contributed by atoms with Crippen LogP contribution in [-0.2, 0) is 13.0 Å². The maximum Gasteiger partial charge on any atom is 0.0237 e. The zero-order valence-electron chi connectivity index (χ0n) is 12.7. The predicted molar refractivity (Wildman–Crippen MR) is 82.3 cm³/mol. The minimum absolute atomic E-state index is 0.610. The molecule has 0 saturated carbocycles. The molecule has 2 nitrogen and oxygen atoms in total. The van der Waals surface area contributed by atoms with Gasteiger partial charge in [0.15, 0.2) is 0 Å². The summed E-state index contributed by atoms with van der Waals surface area (Å²) in [4.78, 5) is 2.59. The highest BCUT2D eigenvalue weighted by atomic mass is 15.1. The Balaban J connectivity index is 1.82. The van der Waals surface area contributed by atoms with Crippen LogP contribution in [0.25, 0.3) is 0 Å². The van der Waals surface area contributed by atoms with Gasteiger partial charge in [0.1, 0.15) is 0 Å². The lowest BCUT2D eigenvalue weighted by molar-refractivity contribution is 0.260. The van der Waals surface area contributed by atoms with Crippen LogP contribution in [0.5, 0.6) is 0 Å². The number of benzene rings is 1. The van der Waals surface area contributed by atoms with Crippen molar-refractivity contribution in [1.82, 2.24) is 10.2 Å². The Hall–Kier alpha value is -0.860. The van der Waals surface area contributed by atoms with Gasteiger partial charge in [0.25, 0.3) is 0 Å². The van der Waals surface area contributed by atoms with Crippen molar-refractivity contribution in [2.24, 2.45) is 5.92 Å². The third-order valence-corrected chi connectivity index (χ3v) is 4.33. The highest BCUT2D eigenvalue weighted by molar-refractivity contribution is 5.27. The van der Waals surface area contributed by atoms with Crippen LogP contribution in [0.15, 0.2) is 24.3 Å². The molecule has 0 aliphatic carbocycles. The largest absolute Gasteiger partial charge is 0.313 e. The van der Waals surface area contributed by atoms with E-state index in [0.717, 1.165) is 19.6 Å². The molecule has 0 saturated heterocycles. The standard InChI is InChI=1S/C17H28N2/c1-14(2)15(3)18-10-12-19-11-6-9-16-7-4-5-8-17(16)13-19/h4-5,7-8,14-15,18H,6,9-13H2,1-3H3. The Morgan fingerprint density at radius 1 is 1.16 bits per heavy atom.